The number of fused-ring (bicyclic) bond motifs is 1. The van der Waals surface area contributed by atoms with E-state index in [2.05, 4.69) is 15.5 Å². The molecule has 228 valence electrons. The van der Waals surface area contributed by atoms with Crippen molar-refractivity contribution in [1.82, 2.24) is 15.2 Å². The number of hydrogen-bond donors (Lipinski definition) is 2. The second kappa shape index (κ2) is 12.1. The van der Waals surface area contributed by atoms with Gasteiger partial charge in [-0.2, -0.15) is 0 Å². The molecule has 2 aliphatic heterocycles. The summed E-state index contributed by atoms with van der Waals surface area (Å²) in [6.07, 6.45) is -0.833. The number of carbonyl (C=O) groups excluding carboxylic acids is 3. The standard InChI is InChI=1S/C31H25N5O7S2/c1-15-20(25(38)24(15)37)18-13-44-29-22(34-27(39)21(35-42-2)19-14-45-31(32)33-19)28(40)36(29)23(18)30(41)43-26(16-9-5-3-6-10-16)17-11-7-4-8-12-17/h3-12,14,22,26,29H,13H2,1-2H3,(H2,32,33)(H,34,39)/b35-21-/t22?,29-/m0/s1. The number of nitrogens with zero attached hydrogens (tertiary/aromatic N) is 3. The van der Waals surface area contributed by atoms with Gasteiger partial charge < -0.3 is 20.6 Å². The van der Waals surface area contributed by atoms with Gasteiger partial charge in [0.1, 0.15) is 29.9 Å². The number of ether oxygens (including phenoxy) is 1. The molecule has 3 N–H and O–H groups in total. The Kier molecular flexibility index (Phi) is 8.08. The lowest BCUT2D eigenvalue weighted by molar-refractivity contribution is -0.154. The number of oxime groups is 1. The molecule has 0 aliphatic carbocycles. The van der Waals surface area contributed by atoms with Gasteiger partial charge >= 0.3 is 5.97 Å². The van der Waals surface area contributed by atoms with Crippen LogP contribution < -0.4 is 21.9 Å². The van der Waals surface area contributed by atoms with Gasteiger partial charge in [-0.3, -0.25) is 24.1 Å². The number of β-lactam (4-membered cyclic amide) rings is 1. The number of carbonyl (C=O) groups is 3. The SMILES string of the molecule is CO/N=C(\C(=O)NC1C(=O)N2C(C(=O)OC(c3ccccc3)c3ccccc3)=C(c3c(C)c(=O)c3=O)CS[C@@H]12)c1csc(N)n1. The molecule has 14 heteroatoms. The Morgan fingerprint density at radius 1 is 1.04 bits per heavy atom. The second-order valence-electron chi connectivity index (χ2n) is 10.1. The van der Waals surface area contributed by atoms with Crippen LogP contribution in [-0.4, -0.2) is 57.7 Å². The lowest BCUT2D eigenvalue weighted by Gasteiger charge is -2.50. The first-order valence-corrected chi connectivity index (χ1v) is 15.6. The Bertz CT molecular complexity index is 1910. The summed E-state index contributed by atoms with van der Waals surface area (Å²) in [5.74, 6) is -2.07. The first-order valence-electron chi connectivity index (χ1n) is 13.6. The Morgan fingerprint density at radius 2 is 1.69 bits per heavy atom. The number of anilines is 1. The van der Waals surface area contributed by atoms with Gasteiger partial charge in [-0.05, 0) is 18.1 Å². The molecule has 12 nitrogen and oxygen atoms in total. The van der Waals surface area contributed by atoms with Crippen LogP contribution in [0.4, 0.5) is 5.13 Å². The smallest absolute Gasteiger partial charge is 0.356 e. The molecule has 0 radical (unpaired) electrons. The predicted molar refractivity (Wildman–Crippen MR) is 169 cm³/mol. The van der Waals surface area contributed by atoms with E-state index in [0.717, 1.165) is 11.3 Å². The van der Waals surface area contributed by atoms with Crippen LogP contribution in [0.5, 0.6) is 0 Å². The Labute approximate surface area is 264 Å². The zero-order chi connectivity index (χ0) is 31.8. The summed E-state index contributed by atoms with van der Waals surface area (Å²) in [5, 5.41) is 7.46. The van der Waals surface area contributed by atoms with Crippen LogP contribution in [0.1, 0.15) is 34.1 Å². The Morgan fingerprint density at radius 3 is 2.24 bits per heavy atom. The van der Waals surface area contributed by atoms with Crippen molar-refractivity contribution in [2.24, 2.45) is 5.16 Å². The Hall–Kier alpha value is -5.08. The number of rotatable bonds is 9. The van der Waals surface area contributed by atoms with Crippen LogP contribution >= 0.6 is 23.1 Å². The minimum atomic E-state index is -1.04. The molecular formula is C31H25N5O7S2. The number of thiazole rings is 1. The molecule has 0 bridgehead atoms. The molecule has 6 rings (SSSR count). The molecule has 1 unspecified atom stereocenters. The summed E-state index contributed by atoms with van der Waals surface area (Å²) in [6, 6.07) is 17.2. The Balaban J connectivity index is 1.34. The fourth-order valence-electron chi connectivity index (χ4n) is 5.32. The molecule has 45 heavy (non-hydrogen) atoms. The van der Waals surface area contributed by atoms with Gasteiger partial charge in [0.25, 0.3) is 11.8 Å². The topological polar surface area (TPSA) is 170 Å². The van der Waals surface area contributed by atoms with Crippen molar-refractivity contribution in [3.05, 3.63) is 120 Å². The predicted octanol–water partition coefficient (Wildman–Crippen LogP) is 2.12. The van der Waals surface area contributed by atoms with Crippen LogP contribution in [0, 0.1) is 6.92 Å². The third-order valence-electron chi connectivity index (χ3n) is 7.49. The third-order valence-corrected chi connectivity index (χ3v) is 9.44. The molecule has 3 aromatic carbocycles. The van der Waals surface area contributed by atoms with E-state index >= 15 is 0 Å². The molecule has 1 fully saturated rings. The van der Waals surface area contributed by atoms with E-state index in [1.807, 2.05) is 60.7 Å². The fraction of sp³-hybridized carbons (Fsp3) is 0.194. The van der Waals surface area contributed by atoms with Gasteiger partial charge in [-0.25, -0.2) is 9.78 Å². The van der Waals surface area contributed by atoms with Crippen molar-refractivity contribution in [3.63, 3.8) is 0 Å². The zero-order valence-corrected chi connectivity index (χ0v) is 25.5. The maximum atomic E-state index is 14.1. The number of amides is 2. The molecular weight excluding hydrogens is 619 g/mol. The minimum absolute atomic E-state index is 0.102. The van der Waals surface area contributed by atoms with Gasteiger partial charge in [0, 0.05) is 27.8 Å². The summed E-state index contributed by atoms with van der Waals surface area (Å²) < 4.78 is 6.10. The number of aromatic nitrogens is 1. The van der Waals surface area contributed by atoms with Crippen molar-refractivity contribution in [2.45, 2.75) is 24.4 Å². The van der Waals surface area contributed by atoms with Crippen molar-refractivity contribution in [2.75, 3.05) is 18.6 Å². The molecule has 2 aliphatic rings. The first-order chi connectivity index (χ1) is 21.7. The van der Waals surface area contributed by atoms with Crippen molar-refractivity contribution in [1.29, 1.82) is 0 Å². The number of benzene rings is 2. The molecule has 2 atom stereocenters. The quantitative estimate of drug-likeness (QED) is 0.0906. The van der Waals surface area contributed by atoms with E-state index in [9.17, 15) is 24.0 Å². The van der Waals surface area contributed by atoms with Crippen LogP contribution in [-0.2, 0) is 24.0 Å². The van der Waals surface area contributed by atoms with Gasteiger partial charge in [0.2, 0.25) is 10.9 Å². The van der Waals surface area contributed by atoms with Gasteiger partial charge in [0.05, 0.1) is 0 Å². The van der Waals surface area contributed by atoms with E-state index in [1.54, 1.807) is 0 Å². The largest absolute Gasteiger partial charge is 0.448 e. The second-order valence-corrected chi connectivity index (χ2v) is 12.1. The molecule has 1 aromatic heterocycles. The summed E-state index contributed by atoms with van der Waals surface area (Å²) in [5.41, 5.74) is 6.13. The molecule has 0 saturated carbocycles. The molecule has 0 spiro atoms. The normalized spacial score (nSPS) is 18.1. The molecule has 2 amide bonds. The van der Waals surface area contributed by atoms with Gasteiger partial charge in [-0.15, -0.1) is 23.1 Å². The highest BCUT2D eigenvalue weighted by atomic mass is 32.2. The number of hydrogen-bond acceptors (Lipinski definition) is 12. The van der Waals surface area contributed by atoms with E-state index in [-0.39, 0.29) is 44.7 Å². The van der Waals surface area contributed by atoms with Crippen molar-refractivity contribution in [3.8, 4) is 0 Å². The minimum Gasteiger partial charge on any atom is -0.448 e. The number of nitrogens with two attached hydrogens (primary N) is 1. The highest BCUT2D eigenvalue weighted by molar-refractivity contribution is 8.00. The number of nitrogens with one attached hydrogen (secondary N) is 1. The number of esters is 1. The van der Waals surface area contributed by atoms with E-state index in [4.69, 9.17) is 15.3 Å². The number of nitrogen functional groups attached to an aromatic ring is 1. The lowest BCUT2D eigenvalue weighted by Crippen LogP contribution is -2.71. The van der Waals surface area contributed by atoms with Gasteiger partial charge in [0.15, 0.2) is 16.9 Å². The van der Waals surface area contributed by atoms with Gasteiger partial charge in [-0.1, -0.05) is 65.8 Å². The third kappa shape index (κ3) is 5.31. The summed E-state index contributed by atoms with van der Waals surface area (Å²) in [4.78, 5) is 75.9. The molecule has 1 saturated heterocycles. The first kappa shape index (κ1) is 30.0. The maximum absolute atomic E-state index is 14.1. The average Bonchev–Trinajstić information content (AvgIpc) is 3.50. The van der Waals surface area contributed by atoms with E-state index < -0.39 is 46.2 Å². The van der Waals surface area contributed by atoms with Crippen LogP contribution in [0.25, 0.3) is 5.57 Å². The molecule has 3 heterocycles. The van der Waals surface area contributed by atoms with Crippen LogP contribution in [0.15, 0.2) is 86.5 Å². The lowest BCUT2D eigenvalue weighted by atomic mass is 9.92. The molecule has 4 aromatic rings. The highest BCUT2D eigenvalue weighted by Crippen LogP contribution is 2.44. The van der Waals surface area contributed by atoms with Crippen molar-refractivity contribution >= 4 is 57.3 Å². The van der Waals surface area contributed by atoms with E-state index in [1.165, 1.54) is 36.1 Å². The van der Waals surface area contributed by atoms with Crippen molar-refractivity contribution < 1.29 is 24.0 Å². The number of thioether (sulfide) groups is 1. The van der Waals surface area contributed by atoms with E-state index in [0.29, 0.717) is 11.1 Å². The average molecular weight is 644 g/mol. The van der Waals surface area contributed by atoms with Crippen LogP contribution in [0.3, 0.4) is 0 Å². The summed E-state index contributed by atoms with van der Waals surface area (Å²) >= 11 is 2.34. The monoisotopic (exact) mass is 643 g/mol. The zero-order valence-electron chi connectivity index (χ0n) is 23.9. The summed E-state index contributed by atoms with van der Waals surface area (Å²) in [7, 11) is 1.27. The van der Waals surface area contributed by atoms with Crippen LogP contribution in [0.2, 0.25) is 0 Å². The fourth-order valence-corrected chi connectivity index (χ4v) is 7.22. The highest BCUT2D eigenvalue weighted by Gasteiger charge is 2.55. The maximum Gasteiger partial charge on any atom is 0.356 e. The summed E-state index contributed by atoms with van der Waals surface area (Å²) in [6.45, 7) is 1.51.